The maximum atomic E-state index is 5.76. The molecular weight excluding hydrogens is 190 g/mol. The predicted molar refractivity (Wildman–Crippen MR) is 49.6 cm³/mol. The third-order valence-corrected chi connectivity index (χ3v) is 2.27. The molecule has 1 fully saturated rings. The summed E-state index contributed by atoms with van der Waals surface area (Å²) in [5.41, 5.74) is 6.36. The summed E-state index contributed by atoms with van der Waals surface area (Å²) in [7, 11) is 0. The highest BCUT2D eigenvalue weighted by Crippen LogP contribution is 2.25. The molecule has 0 amide bonds. The van der Waals surface area contributed by atoms with Crippen molar-refractivity contribution in [1.82, 2.24) is 9.97 Å². The molecule has 0 saturated carbocycles. The lowest BCUT2D eigenvalue weighted by molar-refractivity contribution is 0.193. The van der Waals surface area contributed by atoms with Crippen LogP contribution in [0.1, 0.15) is 18.0 Å². The van der Waals surface area contributed by atoms with Crippen molar-refractivity contribution in [2.75, 3.05) is 18.9 Å². The van der Waals surface area contributed by atoms with E-state index >= 15 is 0 Å². The number of hydrogen-bond donors (Lipinski definition) is 1. The number of aromatic nitrogens is 2. The smallest absolute Gasteiger partial charge is 0.221 e. The summed E-state index contributed by atoms with van der Waals surface area (Å²) < 4.78 is 5.25. The minimum absolute atomic E-state index is 0.231. The molecule has 1 atom stereocenters. The first-order valence-corrected chi connectivity index (χ1v) is 4.51. The van der Waals surface area contributed by atoms with Gasteiger partial charge in [0.1, 0.15) is 5.15 Å². The fourth-order valence-corrected chi connectivity index (χ4v) is 1.63. The van der Waals surface area contributed by atoms with Crippen molar-refractivity contribution in [1.29, 1.82) is 0 Å². The first kappa shape index (κ1) is 8.72. The highest BCUT2D eigenvalue weighted by molar-refractivity contribution is 6.29. The summed E-state index contributed by atoms with van der Waals surface area (Å²) in [5.74, 6) is 0.553. The second-order valence-electron chi connectivity index (χ2n) is 3.03. The SMILES string of the molecule is Nc1nc(Cl)cc(C2CCOC2)n1. The Morgan fingerprint density at radius 3 is 3.00 bits per heavy atom. The van der Waals surface area contributed by atoms with E-state index in [-0.39, 0.29) is 5.95 Å². The van der Waals surface area contributed by atoms with Gasteiger partial charge >= 0.3 is 0 Å². The number of nitrogen functional groups attached to an aromatic ring is 1. The lowest BCUT2D eigenvalue weighted by Crippen LogP contribution is -2.04. The summed E-state index contributed by atoms with van der Waals surface area (Å²) in [6, 6.07) is 1.75. The van der Waals surface area contributed by atoms with Gasteiger partial charge in [-0.25, -0.2) is 9.97 Å². The summed E-state index contributed by atoms with van der Waals surface area (Å²) >= 11 is 5.76. The number of nitrogens with two attached hydrogens (primary N) is 1. The lowest BCUT2D eigenvalue weighted by atomic mass is 10.1. The molecule has 1 aliphatic rings. The van der Waals surface area contributed by atoms with Crippen LogP contribution in [0.3, 0.4) is 0 Å². The summed E-state index contributed by atoms with van der Waals surface area (Å²) in [6.07, 6.45) is 0.979. The number of hydrogen-bond acceptors (Lipinski definition) is 4. The Balaban J connectivity index is 2.28. The van der Waals surface area contributed by atoms with Gasteiger partial charge in [0.25, 0.3) is 0 Å². The molecule has 1 saturated heterocycles. The second kappa shape index (κ2) is 3.47. The van der Waals surface area contributed by atoms with Crippen LogP contribution in [-0.4, -0.2) is 23.2 Å². The predicted octanol–water partition coefficient (Wildman–Crippen LogP) is 1.22. The lowest BCUT2D eigenvalue weighted by Gasteiger charge is -2.06. The van der Waals surface area contributed by atoms with Crippen LogP contribution in [0.5, 0.6) is 0 Å². The minimum atomic E-state index is 0.231. The van der Waals surface area contributed by atoms with E-state index in [0.717, 1.165) is 18.7 Å². The molecule has 1 aromatic heterocycles. The minimum Gasteiger partial charge on any atom is -0.381 e. The highest BCUT2D eigenvalue weighted by Gasteiger charge is 2.19. The molecule has 1 unspecified atom stereocenters. The van der Waals surface area contributed by atoms with Gasteiger partial charge in [0.2, 0.25) is 5.95 Å². The number of anilines is 1. The zero-order valence-electron chi connectivity index (χ0n) is 7.03. The van der Waals surface area contributed by atoms with Crippen molar-refractivity contribution >= 4 is 17.5 Å². The third-order valence-electron chi connectivity index (χ3n) is 2.08. The third kappa shape index (κ3) is 1.89. The maximum Gasteiger partial charge on any atom is 0.221 e. The number of ether oxygens (including phenoxy) is 1. The van der Waals surface area contributed by atoms with E-state index in [9.17, 15) is 0 Å². The molecule has 1 aromatic rings. The Hall–Kier alpha value is -0.870. The average molecular weight is 200 g/mol. The van der Waals surface area contributed by atoms with Crippen molar-refractivity contribution < 1.29 is 4.74 Å². The molecule has 4 nitrogen and oxygen atoms in total. The monoisotopic (exact) mass is 199 g/mol. The maximum absolute atomic E-state index is 5.76. The van der Waals surface area contributed by atoms with Gasteiger partial charge in [0, 0.05) is 12.5 Å². The van der Waals surface area contributed by atoms with Gasteiger partial charge in [0.15, 0.2) is 0 Å². The molecule has 13 heavy (non-hydrogen) atoms. The van der Waals surface area contributed by atoms with Crippen LogP contribution < -0.4 is 5.73 Å². The van der Waals surface area contributed by atoms with E-state index in [1.165, 1.54) is 0 Å². The topological polar surface area (TPSA) is 61.0 Å². The largest absolute Gasteiger partial charge is 0.381 e. The second-order valence-corrected chi connectivity index (χ2v) is 3.42. The molecule has 70 valence electrons. The molecule has 2 heterocycles. The van der Waals surface area contributed by atoms with Crippen LogP contribution in [-0.2, 0) is 4.74 Å². The van der Waals surface area contributed by atoms with E-state index in [4.69, 9.17) is 22.1 Å². The van der Waals surface area contributed by atoms with Crippen LogP contribution in [0.2, 0.25) is 5.15 Å². The highest BCUT2D eigenvalue weighted by atomic mass is 35.5. The van der Waals surface area contributed by atoms with Crippen molar-refractivity contribution in [3.05, 3.63) is 16.9 Å². The standard InChI is InChI=1S/C8H10ClN3O/c9-7-3-6(11-8(10)12-7)5-1-2-13-4-5/h3,5H,1-2,4H2,(H2,10,11,12). The molecule has 0 aliphatic carbocycles. The molecule has 0 spiro atoms. The molecule has 2 N–H and O–H groups in total. The zero-order chi connectivity index (χ0) is 9.26. The molecule has 2 rings (SSSR count). The van der Waals surface area contributed by atoms with E-state index in [1.807, 2.05) is 0 Å². The van der Waals surface area contributed by atoms with Crippen LogP contribution >= 0.6 is 11.6 Å². The van der Waals surface area contributed by atoms with Crippen LogP contribution in [0.25, 0.3) is 0 Å². The molecule has 5 heteroatoms. The molecule has 0 aromatic carbocycles. The van der Waals surface area contributed by atoms with Crippen LogP contribution in [0.4, 0.5) is 5.95 Å². The summed E-state index contributed by atoms with van der Waals surface area (Å²) in [6.45, 7) is 1.49. The molecule has 1 aliphatic heterocycles. The normalized spacial score (nSPS) is 22.1. The fourth-order valence-electron chi connectivity index (χ4n) is 1.43. The van der Waals surface area contributed by atoms with E-state index < -0.39 is 0 Å². The fraction of sp³-hybridized carbons (Fsp3) is 0.500. The summed E-state index contributed by atoms with van der Waals surface area (Å²) in [5, 5.41) is 0.398. The van der Waals surface area contributed by atoms with Gasteiger partial charge in [-0.15, -0.1) is 0 Å². The van der Waals surface area contributed by atoms with Crippen molar-refractivity contribution in [3.8, 4) is 0 Å². The summed E-state index contributed by atoms with van der Waals surface area (Å²) in [4.78, 5) is 7.92. The van der Waals surface area contributed by atoms with Gasteiger partial charge < -0.3 is 10.5 Å². The first-order valence-electron chi connectivity index (χ1n) is 4.13. The van der Waals surface area contributed by atoms with Crippen LogP contribution in [0, 0.1) is 0 Å². The number of nitrogens with zero attached hydrogens (tertiary/aromatic N) is 2. The van der Waals surface area contributed by atoms with Crippen molar-refractivity contribution in [2.24, 2.45) is 0 Å². The molecule has 0 bridgehead atoms. The van der Waals surface area contributed by atoms with Gasteiger partial charge in [-0.05, 0) is 12.5 Å². The zero-order valence-corrected chi connectivity index (χ0v) is 7.79. The number of rotatable bonds is 1. The van der Waals surface area contributed by atoms with Crippen molar-refractivity contribution in [3.63, 3.8) is 0 Å². The first-order chi connectivity index (χ1) is 6.25. The van der Waals surface area contributed by atoms with E-state index in [2.05, 4.69) is 9.97 Å². The Bertz CT molecular complexity index is 292. The van der Waals surface area contributed by atoms with E-state index in [0.29, 0.717) is 17.7 Å². The molecular formula is C8H10ClN3O. The Labute approximate surface area is 81.1 Å². The van der Waals surface area contributed by atoms with Crippen LogP contribution in [0.15, 0.2) is 6.07 Å². The van der Waals surface area contributed by atoms with Gasteiger partial charge in [-0.3, -0.25) is 0 Å². The van der Waals surface area contributed by atoms with E-state index in [1.54, 1.807) is 6.07 Å². The van der Waals surface area contributed by atoms with Gasteiger partial charge in [-0.1, -0.05) is 11.6 Å². The Kier molecular flexibility index (Phi) is 2.33. The Morgan fingerprint density at radius 2 is 2.38 bits per heavy atom. The van der Waals surface area contributed by atoms with Crippen molar-refractivity contribution in [2.45, 2.75) is 12.3 Å². The quantitative estimate of drug-likeness (QED) is 0.691. The Morgan fingerprint density at radius 1 is 1.54 bits per heavy atom. The van der Waals surface area contributed by atoms with Gasteiger partial charge in [0.05, 0.1) is 12.3 Å². The van der Waals surface area contributed by atoms with Gasteiger partial charge in [-0.2, -0.15) is 0 Å². The molecule has 0 radical (unpaired) electrons. The number of halogens is 1. The average Bonchev–Trinajstić information content (AvgIpc) is 2.53.